The van der Waals surface area contributed by atoms with E-state index < -0.39 is 0 Å². The first-order chi connectivity index (χ1) is 8.17. The molecule has 2 heteroatoms. The number of ether oxygens (including phenoxy) is 1. The van der Waals surface area contributed by atoms with Crippen LogP contribution in [0.5, 0.6) is 5.75 Å². The minimum absolute atomic E-state index is 0.360. The van der Waals surface area contributed by atoms with Crippen molar-refractivity contribution in [2.75, 3.05) is 13.7 Å². The summed E-state index contributed by atoms with van der Waals surface area (Å²) in [6.45, 7) is 9.28. The average molecular weight is 233 g/mol. The van der Waals surface area contributed by atoms with Crippen LogP contribution in [0, 0.1) is 0 Å². The first-order valence-electron chi connectivity index (χ1n) is 6.19. The topological polar surface area (TPSA) is 21.3 Å². The Balaban J connectivity index is 2.75. The standard InChI is InChI=1S/C15H23NO/c1-5-10-16-15(11-12(2)3)13-6-8-14(17-4)9-7-13/h6-9,15-16H,2,5,10-11H2,1,3-4H3. The van der Waals surface area contributed by atoms with Gasteiger partial charge in [-0.05, 0) is 44.0 Å². The fourth-order valence-electron chi connectivity index (χ4n) is 1.81. The molecule has 0 saturated heterocycles. The number of methoxy groups -OCH3 is 1. The van der Waals surface area contributed by atoms with Crippen LogP contribution in [0.3, 0.4) is 0 Å². The summed E-state index contributed by atoms with van der Waals surface area (Å²) in [7, 11) is 1.69. The van der Waals surface area contributed by atoms with Crippen LogP contribution in [0.1, 0.15) is 38.3 Å². The molecule has 1 aromatic rings. The van der Waals surface area contributed by atoms with Gasteiger partial charge in [0.2, 0.25) is 0 Å². The van der Waals surface area contributed by atoms with Gasteiger partial charge in [-0.15, -0.1) is 6.58 Å². The number of benzene rings is 1. The van der Waals surface area contributed by atoms with Gasteiger partial charge in [-0.1, -0.05) is 24.6 Å². The Morgan fingerprint density at radius 1 is 1.35 bits per heavy atom. The molecule has 0 aliphatic heterocycles. The van der Waals surface area contributed by atoms with E-state index in [2.05, 4.69) is 37.9 Å². The summed E-state index contributed by atoms with van der Waals surface area (Å²) >= 11 is 0. The Morgan fingerprint density at radius 2 is 2.00 bits per heavy atom. The maximum Gasteiger partial charge on any atom is 0.118 e. The largest absolute Gasteiger partial charge is 0.497 e. The lowest BCUT2D eigenvalue weighted by atomic mass is 10.00. The predicted molar refractivity (Wildman–Crippen MR) is 73.5 cm³/mol. The highest BCUT2D eigenvalue weighted by Crippen LogP contribution is 2.22. The molecule has 0 radical (unpaired) electrons. The zero-order valence-electron chi connectivity index (χ0n) is 11.1. The lowest BCUT2D eigenvalue weighted by Gasteiger charge is -2.19. The fourth-order valence-corrected chi connectivity index (χ4v) is 1.81. The minimum atomic E-state index is 0.360. The molecular weight excluding hydrogens is 210 g/mol. The smallest absolute Gasteiger partial charge is 0.118 e. The van der Waals surface area contributed by atoms with Gasteiger partial charge in [-0.25, -0.2) is 0 Å². The van der Waals surface area contributed by atoms with Crippen LogP contribution < -0.4 is 10.1 Å². The molecule has 1 atom stereocenters. The highest BCUT2D eigenvalue weighted by Gasteiger charge is 2.10. The van der Waals surface area contributed by atoms with E-state index >= 15 is 0 Å². The van der Waals surface area contributed by atoms with Gasteiger partial charge >= 0.3 is 0 Å². The van der Waals surface area contributed by atoms with Crippen molar-refractivity contribution in [2.24, 2.45) is 0 Å². The van der Waals surface area contributed by atoms with E-state index in [-0.39, 0.29) is 0 Å². The Morgan fingerprint density at radius 3 is 2.47 bits per heavy atom. The Hall–Kier alpha value is -1.28. The van der Waals surface area contributed by atoms with Crippen molar-refractivity contribution >= 4 is 0 Å². The molecule has 1 unspecified atom stereocenters. The van der Waals surface area contributed by atoms with Gasteiger partial charge in [0.15, 0.2) is 0 Å². The molecule has 0 aliphatic rings. The summed E-state index contributed by atoms with van der Waals surface area (Å²) in [5.41, 5.74) is 2.50. The fraction of sp³-hybridized carbons (Fsp3) is 0.467. The molecular formula is C15H23NO. The highest BCUT2D eigenvalue weighted by atomic mass is 16.5. The van der Waals surface area contributed by atoms with E-state index in [1.54, 1.807) is 7.11 Å². The van der Waals surface area contributed by atoms with Crippen molar-refractivity contribution in [3.8, 4) is 5.75 Å². The van der Waals surface area contributed by atoms with Crippen LogP contribution in [-0.4, -0.2) is 13.7 Å². The van der Waals surface area contributed by atoms with Crippen molar-refractivity contribution in [3.05, 3.63) is 42.0 Å². The average Bonchev–Trinajstić information content (AvgIpc) is 2.34. The summed E-state index contributed by atoms with van der Waals surface area (Å²) in [5, 5.41) is 3.55. The van der Waals surface area contributed by atoms with Gasteiger partial charge < -0.3 is 10.1 Å². The molecule has 0 amide bonds. The molecule has 0 bridgehead atoms. The number of rotatable bonds is 7. The van der Waals surface area contributed by atoms with Crippen LogP contribution in [-0.2, 0) is 0 Å². The van der Waals surface area contributed by atoms with Crippen molar-refractivity contribution in [2.45, 2.75) is 32.7 Å². The summed E-state index contributed by atoms with van der Waals surface area (Å²) in [6.07, 6.45) is 2.12. The third-order valence-corrected chi connectivity index (χ3v) is 2.71. The van der Waals surface area contributed by atoms with E-state index in [1.165, 1.54) is 11.1 Å². The quantitative estimate of drug-likeness (QED) is 0.725. The zero-order chi connectivity index (χ0) is 12.7. The van der Waals surface area contributed by atoms with Gasteiger partial charge in [0, 0.05) is 6.04 Å². The van der Waals surface area contributed by atoms with Crippen LogP contribution in [0.15, 0.2) is 36.4 Å². The maximum atomic E-state index is 5.17. The second-order valence-corrected chi connectivity index (χ2v) is 4.44. The molecule has 17 heavy (non-hydrogen) atoms. The lowest BCUT2D eigenvalue weighted by molar-refractivity contribution is 0.414. The van der Waals surface area contributed by atoms with Crippen LogP contribution >= 0.6 is 0 Å². The summed E-state index contributed by atoms with van der Waals surface area (Å²) in [4.78, 5) is 0. The summed E-state index contributed by atoms with van der Waals surface area (Å²) in [6, 6.07) is 8.62. The highest BCUT2D eigenvalue weighted by molar-refractivity contribution is 5.29. The molecule has 0 heterocycles. The molecule has 0 saturated carbocycles. The van der Waals surface area contributed by atoms with Crippen LogP contribution in [0.25, 0.3) is 0 Å². The second kappa shape index (κ2) is 7.13. The first kappa shape index (κ1) is 13.8. The molecule has 0 aromatic heterocycles. The van der Waals surface area contributed by atoms with Gasteiger partial charge in [-0.3, -0.25) is 0 Å². The normalized spacial score (nSPS) is 12.2. The molecule has 0 spiro atoms. The molecule has 0 aliphatic carbocycles. The predicted octanol–water partition coefficient (Wildman–Crippen LogP) is 3.70. The molecule has 0 fully saturated rings. The van der Waals surface area contributed by atoms with E-state index in [4.69, 9.17) is 4.74 Å². The van der Waals surface area contributed by atoms with Gasteiger partial charge in [0.1, 0.15) is 5.75 Å². The SMILES string of the molecule is C=C(C)CC(NCCC)c1ccc(OC)cc1. The Bertz CT molecular complexity index is 342. The van der Waals surface area contributed by atoms with E-state index in [1.807, 2.05) is 12.1 Å². The van der Waals surface area contributed by atoms with Crippen LogP contribution in [0.4, 0.5) is 0 Å². The number of hydrogen-bond acceptors (Lipinski definition) is 2. The summed E-state index contributed by atoms with van der Waals surface area (Å²) in [5.74, 6) is 0.901. The minimum Gasteiger partial charge on any atom is -0.497 e. The molecule has 2 nitrogen and oxygen atoms in total. The Kier molecular flexibility index (Phi) is 5.78. The zero-order valence-corrected chi connectivity index (χ0v) is 11.1. The second-order valence-electron chi connectivity index (χ2n) is 4.44. The van der Waals surface area contributed by atoms with E-state index in [0.29, 0.717) is 6.04 Å². The monoisotopic (exact) mass is 233 g/mol. The number of hydrogen-bond donors (Lipinski definition) is 1. The van der Waals surface area contributed by atoms with E-state index in [9.17, 15) is 0 Å². The van der Waals surface area contributed by atoms with Crippen molar-refractivity contribution < 1.29 is 4.74 Å². The molecule has 1 aromatic carbocycles. The third-order valence-electron chi connectivity index (χ3n) is 2.71. The van der Waals surface area contributed by atoms with Crippen molar-refractivity contribution in [3.63, 3.8) is 0 Å². The maximum absolute atomic E-state index is 5.17. The molecule has 1 rings (SSSR count). The van der Waals surface area contributed by atoms with Crippen molar-refractivity contribution in [1.29, 1.82) is 0 Å². The molecule has 94 valence electrons. The lowest BCUT2D eigenvalue weighted by Crippen LogP contribution is -2.22. The number of nitrogens with one attached hydrogen (secondary N) is 1. The van der Waals surface area contributed by atoms with Crippen molar-refractivity contribution in [1.82, 2.24) is 5.32 Å². The van der Waals surface area contributed by atoms with Gasteiger partial charge in [0.25, 0.3) is 0 Å². The van der Waals surface area contributed by atoms with E-state index in [0.717, 1.165) is 25.1 Å². The van der Waals surface area contributed by atoms with Gasteiger partial charge in [0.05, 0.1) is 7.11 Å². The summed E-state index contributed by atoms with van der Waals surface area (Å²) < 4.78 is 5.17. The Labute approximate surface area is 105 Å². The third kappa shape index (κ3) is 4.61. The van der Waals surface area contributed by atoms with Gasteiger partial charge in [-0.2, -0.15) is 0 Å². The molecule has 1 N–H and O–H groups in total. The van der Waals surface area contributed by atoms with Crippen LogP contribution in [0.2, 0.25) is 0 Å². The first-order valence-corrected chi connectivity index (χ1v) is 6.19.